The van der Waals surface area contributed by atoms with Gasteiger partial charge in [0.1, 0.15) is 11.6 Å². The molecule has 0 amide bonds. The Kier molecular flexibility index (Phi) is 6.64. The van der Waals surface area contributed by atoms with E-state index >= 15 is 0 Å². The van der Waals surface area contributed by atoms with Gasteiger partial charge < -0.3 is 20.2 Å². The second-order valence-corrected chi connectivity index (χ2v) is 6.92. The highest BCUT2D eigenvalue weighted by atomic mass is 35.5. The van der Waals surface area contributed by atoms with Crippen LogP contribution in [0, 0.1) is 0 Å². The van der Waals surface area contributed by atoms with Gasteiger partial charge in [-0.2, -0.15) is 0 Å². The van der Waals surface area contributed by atoms with Gasteiger partial charge in [0.15, 0.2) is 5.82 Å². The van der Waals surface area contributed by atoms with Gasteiger partial charge in [0.25, 0.3) is 6.47 Å². The Labute approximate surface area is 172 Å². The van der Waals surface area contributed by atoms with Crippen LogP contribution in [0.3, 0.4) is 0 Å². The fraction of sp³-hybridized carbons (Fsp3) is 0.190. The number of aliphatic hydroxyl groups is 1. The molecule has 2 heterocycles. The molecule has 3 aromatic rings. The van der Waals surface area contributed by atoms with Crippen LogP contribution < -0.4 is 4.90 Å². The van der Waals surface area contributed by atoms with Crippen LogP contribution in [0.2, 0.25) is 5.02 Å². The maximum absolute atomic E-state index is 9.87. The molecule has 0 radical (unpaired) electrons. The third-order valence-electron chi connectivity index (χ3n) is 4.44. The lowest BCUT2D eigenvalue weighted by Crippen LogP contribution is -2.22. The van der Waals surface area contributed by atoms with E-state index in [0.29, 0.717) is 17.4 Å². The average molecular weight is 414 g/mol. The Hall–Kier alpha value is -3.16. The Bertz CT molecular complexity index is 982. The number of halogens is 1. The summed E-state index contributed by atoms with van der Waals surface area (Å²) in [6.07, 6.45) is 0.384. The van der Waals surface area contributed by atoms with E-state index in [-0.39, 0.29) is 18.3 Å². The van der Waals surface area contributed by atoms with E-state index in [0.717, 1.165) is 35.6 Å². The molecule has 3 N–H and O–H groups in total. The van der Waals surface area contributed by atoms with E-state index in [1.165, 1.54) is 0 Å². The van der Waals surface area contributed by atoms with Crippen molar-refractivity contribution >= 4 is 23.9 Å². The quantitative estimate of drug-likeness (QED) is 0.564. The van der Waals surface area contributed by atoms with Crippen molar-refractivity contribution in [3.05, 3.63) is 59.6 Å². The predicted molar refractivity (Wildman–Crippen MR) is 111 cm³/mol. The number of aromatic nitrogens is 2. The number of carbonyl (C=O) groups is 1. The zero-order valence-electron chi connectivity index (χ0n) is 15.4. The Balaban J connectivity index is 0.000000755. The van der Waals surface area contributed by atoms with E-state index < -0.39 is 0 Å². The number of hydrogen-bond acceptors (Lipinski definition) is 6. The zero-order chi connectivity index (χ0) is 20.8. The molecule has 0 aliphatic carbocycles. The Morgan fingerprint density at radius 1 is 1.07 bits per heavy atom. The topological polar surface area (TPSA) is 107 Å². The van der Waals surface area contributed by atoms with Gasteiger partial charge in [0.05, 0.1) is 11.8 Å². The van der Waals surface area contributed by atoms with Crippen molar-refractivity contribution < 1.29 is 20.1 Å². The minimum atomic E-state index is -0.340. The summed E-state index contributed by atoms with van der Waals surface area (Å²) in [4.78, 5) is 19.8. The van der Waals surface area contributed by atoms with Crippen LogP contribution in [0.25, 0.3) is 22.6 Å². The van der Waals surface area contributed by atoms with Crippen LogP contribution in [0.15, 0.2) is 54.6 Å². The van der Waals surface area contributed by atoms with Crippen molar-refractivity contribution in [1.29, 1.82) is 0 Å². The number of rotatable bonds is 3. The van der Waals surface area contributed by atoms with Gasteiger partial charge in [0, 0.05) is 35.3 Å². The molecule has 1 aliphatic rings. The first kappa shape index (κ1) is 20.6. The first-order valence-electron chi connectivity index (χ1n) is 8.95. The van der Waals surface area contributed by atoms with Crippen molar-refractivity contribution in [2.45, 2.75) is 12.5 Å². The van der Waals surface area contributed by atoms with Gasteiger partial charge in [0.2, 0.25) is 0 Å². The van der Waals surface area contributed by atoms with E-state index in [1.807, 2.05) is 36.4 Å². The third kappa shape index (κ3) is 5.22. The normalized spacial score (nSPS) is 15.5. The van der Waals surface area contributed by atoms with E-state index in [4.69, 9.17) is 21.5 Å². The van der Waals surface area contributed by atoms with Crippen LogP contribution in [-0.2, 0) is 4.79 Å². The molecule has 1 atom stereocenters. The van der Waals surface area contributed by atoms with Crippen molar-refractivity contribution in [3.63, 3.8) is 0 Å². The Morgan fingerprint density at radius 2 is 1.79 bits per heavy atom. The van der Waals surface area contributed by atoms with Crippen molar-refractivity contribution in [3.8, 4) is 28.4 Å². The molecular formula is C21H20ClN3O4. The monoisotopic (exact) mass is 413 g/mol. The standard InChI is InChI=1S/C20H18ClN3O2.CH2O2/c21-15-6-4-13(5-7-15)18-11-19(24-9-8-17(26)12-24)23-20(22-18)14-2-1-3-16(25)10-14;2-1-3/h1-7,10-11,17,25-26H,8-9,12H2;1H,(H,2,3). The molecule has 150 valence electrons. The first-order chi connectivity index (χ1) is 14.0. The number of carboxylic acid groups (broad SMARTS) is 1. The molecule has 7 nitrogen and oxygen atoms in total. The highest BCUT2D eigenvalue weighted by Gasteiger charge is 2.23. The molecule has 1 unspecified atom stereocenters. The van der Waals surface area contributed by atoms with Crippen molar-refractivity contribution in [2.24, 2.45) is 0 Å². The van der Waals surface area contributed by atoms with Crippen molar-refractivity contribution in [2.75, 3.05) is 18.0 Å². The van der Waals surface area contributed by atoms with E-state index in [1.54, 1.807) is 18.2 Å². The van der Waals surface area contributed by atoms with Crippen LogP contribution in [-0.4, -0.2) is 51.0 Å². The summed E-state index contributed by atoms with van der Waals surface area (Å²) in [5.41, 5.74) is 2.44. The largest absolute Gasteiger partial charge is 0.508 e. The first-order valence-corrected chi connectivity index (χ1v) is 9.33. The number of phenolic OH excluding ortho intramolecular Hbond substituents is 1. The molecule has 1 fully saturated rings. The summed E-state index contributed by atoms with van der Waals surface area (Å²) in [6, 6.07) is 16.3. The van der Waals surface area contributed by atoms with Gasteiger partial charge in [-0.15, -0.1) is 0 Å². The fourth-order valence-corrected chi connectivity index (χ4v) is 3.21. The molecular weight excluding hydrogens is 394 g/mol. The maximum Gasteiger partial charge on any atom is 0.290 e. The summed E-state index contributed by atoms with van der Waals surface area (Å²) in [5.74, 6) is 1.46. The third-order valence-corrected chi connectivity index (χ3v) is 4.70. The zero-order valence-corrected chi connectivity index (χ0v) is 16.2. The second kappa shape index (κ2) is 9.36. The van der Waals surface area contributed by atoms with Gasteiger partial charge in [-0.1, -0.05) is 35.9 Å². The number of β-amino-alcohol motifs (C(OH)–C–C–N with tert-alkyl or cyclic N) is 1. The van der Waals surface area contributed by atoms with E-state index in [9.17, 15) is 10.2 Å². The highest BCUT2D eigenvalue weighted by Crippen LogP contribution is 2.29. The van der Waals surface area contributed by atoms with Crippen LogP contribution >= 0.6 is 11.6 Å². The molecule has 29 heavy (non-hydrogen) atoms. The van der Waals surface area contributed by atoms with Gasteiger partial charge in [-0.25, -0.2) is 9.97 Å². The SMILES string of the molecule is O=CO.Oc1cccc(-c2nc(-c3ccc(Cl)cc3)cc(N3CCC(O)C3)n2)c1. The maximum atomic E-state index is 9.87. The number of nitrogens with zero attached hydrogens (tertiary/aromatic N) is 3. The summed E-state index contributed by atoms with van der Waals surface area (Å²) in [5, 5.41) is 27.2. The van der Waals surface area contributed by atoms with Crippen LogP contribution in [0.1, 0.15) is 6.42 Å². The number of phenols is 1. The molecule has 1 aromatic heterocycles. The second-order valence-electron chi connectivity index (χ2n) is 6.49. The number of aliphatic hydroxyl groups excluding tert-OH is 1. The summed E-state index contributed by atoms with van der Waals surface area (Å²) < 4.78 is 0. The van der Waals surface area contributed by atoms with Crippen LogP contribution in [0.5, 0.6) is 5.75 Å². The van der Waals surface area contributed by atoms with Crippen LogP contribution in [0.4, 0.5) is 5.82 Å². The van der Waals surface area contributed by atoms with E-state index in [2.05, 4.69) is 14.9 Å². The molecule has 0 saturated carbocycles. The number of aromatic hydroxyl groups is 1. The minimum Gasteiger partial charge on any atom is -0.508 e. The molecule has 4 rings (SSSR count). The number of benzene rings is 2. The van der Waals surface area contributed by atoms with Gasteiger partial charge in [-0.3, -0.25) is 4.79 Å². The number of anilines is 1. The lowest BCUT2D eigenvalue weighted by atomic mass is 10.1. The fourth-order valence-electron chi connectivity index (χ4n) is 3.09. The molecule has 0 spiro atoms. The van der Waals surface area contributed by atoms with Gasteiger partial charge >= 0.3 is 0 Å². The average Bonchev–Trinajstić information content (AvgIpc) is 3.15. The number of hydrogen-bond donors (Lipinski definition) is 3. The Morgan fingerprint density at radius 3 is 2.41 bits per heavy atom. The molecule has 0 bridgehead atoms. The molecule has 1 saturated heterocycles. The summed E-state index contributed by atoms with van der Waals surface area (Å²) >= 11 is 6.00. The van der Waals surface area contributed by atoms with Gasteiger partial charge in [-0.05, 0) is 30.7 Å². The smallest absolute Gasteiger partial charge is 0.290 e. The molecule has 8 heteroatoms. The lowest BCUT2D eigenvalue weighted by Gasteiger charge is -2.18. The molecule has 2 aromatic carbocycles. The minimum absolute atomic E-state index is 0.168. The molecule has 1 aliphatic heterocycles. The lowest BCUT2D eigenvalue weighted by molar-refractivity contribution is -0.122. The predicted octanol–water partition coefficient (Wildman–Crippen LogP) is 3.44. The summed E-state index contributed by atoms with van der Waals surface area (Å²) in [6.45, 7) is 1.05. The highest BCUT2D eigenvalue weighted by molar-refractivity contribution is 6.30. The summed E-state index contributed by atoms with van der Waals surface area (Å²) in [7, 11) is 0. The van der Waals surface area contributed by atoms with Crippen molar-refractivity contribution in [1.82, 2.24) is 9.97 Å².